The van der Waals surface area contributed by atoms with Crippen molar-refractivity contribution in [2.45, 2.75) is 56.7 Å². The van der Waals surface area contributed by atoms with Crippen LogP contribution in [0.2, 0.25) is 0 Å². The fraction of sp³-hybridized carbons (Fsp3) is 0.429. The van der Waals surface area contributed by atoms with Gasteiger partial charge in [-0.3, -0.25) is 4.79 Å². The van der Waals surface area contributed by atoms with Gasteiger partial charge in [0.15, 0.2) is 0 Å². The van der Waals surface area contributed by atoms with Crippen molar-refractivity contribution in [3.05, 3.63) is 59.2 Å². The van der Waals surface area contributed by atoms with E-state index in [-0.39, 0.29) is 24.4 Å². The molecule has 2 aromatic rings. The molecule has 0 amide bonds. The Kier molecular flexibility index (Phi) is 6.16. The van der Waals surface area contributed by atoms with E-state index in [9.17, 15) is 18.0 Å². The van der Waals surface area contributed by atoms with Gasteiger partial charge in [0.05, 0.1) is 17.7 Å². The summed E-state index contributed by atoms with van der Waals surface area (Å²) >= 11 is 0. The highest BCUT2D eigenvalue weighted by Gasteiger charge is 2.38. The highest BCUT2D eigenvalue weighted by atomic mass is 19.4. The molecule has 1 aliphatic rings. The number of benzene rings is 1. The number of carbonyl (C=O) groups excluding carboxylic acids is 1. The van der Waals surface area contributed by atoms with Gasteiger partial charge in [-0.2, -0.15) is 18.4 Å². The fourth-order valence-corrected chi connectivity index (χ4v) is 3.79. The second-order valence-electron chi connectivity index (χ2n) is 7.25. The number of hydrogen-bond acceptors (Lipinski definition) is 5. The van der Waals surface area contributed by atoms with Crippen LogP contribution in [0.5, 0.6) is 0 Å². The first-order valence-electron chi connectivity index (χ1n) is 9.38. The Morgan fingerprint density at radius 1 is 1.21 bits per heavy atom. The Hall–Kier alpha value is -2.95. The fourth-order valence-electron chi connectivity index (χ4n) is 3.79. The standard InChI is InChI=1S/C21H20F3N3O2/c22-21(23,24)16-6-4-5-15(11-16)14-29-19(28)12-20(8-2-1-3-9-20)17-7-10-26-18(13-25)27-17/h4-7,10-11H,1-3,8-9,12,14H2. The first-order chi connectivity index (χ1) is 13.8. The Morgan fingerprint density at radius 2 is 1.97 bits per heavy atom. The molecule has 1 aliphatic carbocycles. The summed E-state index contributed by atoms with van der Waals surface area (Å²) in [7, 11) is 0. The van der Waals surface area contributed by atoms with Gasteiger partial charge in [-0.25, -0.2) is 9.97 Å². The molecule has 0 bridgehead atoms. The Balaban J connectivity index is 1.72. The van der Waals surface area contributed by atoms with E-state index in [0.29, 0.717) is 5.69 Å². The molecule has 0 radical (unpaired) electrons. The molecule has 1 heterocycles. The average Bonchev–Trinajstić information content (AvgIpc) is 2.72. The number of hydrogen-bond donors (Lipinski definition) is 0. The second kappa shape index (κ2) is 8.60. The van der Waals surface area contributed by atoms with E-state index in [0.717, 1.165) is 44.2 Å². The SMILES string of the molecule is N#Cc1nccc(C2(CC(=O)OCc3cccc(C(F)(F)F)c3)CCCCC2)n1. The summed E-state index contributed by atoms with van der Waals surface area (Å²) in [5, 5.41) is 9.07. The minimum absolute atomic E-state index is 0.0461. The van der Waals surface area contributed by atoms with Crippen LogP contribution < -0.4 is 0 Å². The van der Waals surface area contributed by atoms with Crippen molar-refractivity contribution in [2.75, 3.05) is 0 Å². The number of carbonyl (C=O) groups is 1. The summed E-state index contributed by atoms with van der Waals surface area (Å²) < 4.78 is 43.8. The highest BCUT2D eigenvalue weighted by molar-refractivity contribution is 5.71. The largest absolute Gasteiger partial charge is 0.461 e. The normalized spacial score (nSPS) is 16.1. The molecule has 0 spiro atoms. The van der Waals surface area contributed by atoms with Crippen LogP contribution in [-0.2, 0) is 27.7 Å². The molecule has 1 fully saturated rings. The van der Waals surface area contributed by atoms with Gasteiger partial charge in [-0.05, 0) is 36.6 Å². The van der Waals surface area contributed by atoms with Crippen molar-refractivity contribution in [1.82, 2.24) is 9.97 Å². The van der Waals surface area contributed by atoms with Crippen molar-refractivity contribution in [1.29, 1.82) is 5.26 Å². The van der Waals surface area contributed by atoms with Crippen molar-refractivity contribution in [2.24, 2.45) is 0 Å². The molecular weight excluding hydrogens is 383 g/mol. The molecular formula is C21H20F3N3O2. The number of rotatable bonds is 5. The van der Waals surface area contributed by atoms with Crippen LogP contribution in [0.15, 0.2) is 36.5 Å². The molecule has 0 unspecified atom stereocenters. The van der Waals surface area contributed by atoms with Crippen LogP contribution in [0.3, 0.4) is 0 Å². The molecule has 1 saturated carbocycles. The van der Waals surface area contributed by atoms with E-state index in [1.165, 1.54) is 18.3 Å². The minimum Gasteiger partial charge on any atom is -0.461 e. The van der Waals surface area contributed by atoms with E-state index >= 15 is 0 Å². The number of halogens is 3. The van der Waals surface area contributed by atoms with Crippen molar-refractivity contribution in [3.63, 3.8) is 0 Å². The van der Waals surface area contributed by atoms with Gasteiger partial charge < -0.3 is 4.74 Å². The van der Waals surface area contributed by atoms with Gasteiger partial charge in [0.1, 0.15) is 12.7 Å². The quantitative estimate of drug-likeness (QED) is 0.676. The van der Waals surface area contributed by atoms with E-state index < -0.39 is 23.1 Å². The van der Waals surface area contributed by atoms with Crippen molar-refractivity contribution >= 4 is 5.97 Å². The Labute approximate surface area is 166 Å². The van der Waals surface area contributed by atoms with Gasteiger partial charge in [0.25, 0.3) is 0 Å². The molecule has 0 atom stereocenters. The number of esters is 1. The molecule has 0 aliphatic heterocycles. The smallest absolute Gasteiger partial charge is 0.416 e. The van der Waals surface area contributed by atoms with Gasteiger partial charge >= 0.3 is 12.1 Å². The van der Waals surface area contributed by atoms with Gasteiger partial charge in [-0.1, -0.05) is 31.4 Å². The Bertz CT molecular complexity index is 916. The summed E-state index contributed by atoms with van der Waals surface area (Å²) in [4.78, 5) is 20.7. The third-order valence-corrected chi connectivity index (χ3v) is 5.25. The highest BCUT2D eigenvalue weighted by Crippen LogP contribution is 2.41. The number of nitrogens with zero attached hydrogens (tertiary/aromatic N) is 3. The third-order valence-electron chi connectivity index (χ3n) is 5.25. The zero-order valence-electron chi connectivity index (χ0n) is 15.7. The lowest BCUT2D eigenvalue weighted by Gasteiger charge is -2.36. The molecule has 1 aromatic carbocycles. The zero-order chi connectivity index (χ0) is 20.9. The van der Waals surface area contributed by atoms with Crippen LogP contribution in [0.1, 0.15) is 61.2 Å². The number of alkyl halides is 3. The molecule has 1 aromatic heterocycles. The average molecular weight is 403 g/mol. The summed E-state index contributed by atoms with van der Waals surface area (Å²) in [6, 6.07) is 8.36. The lowest BCUT2D eigenvalue weighted by molar-refractivity contribution is -0.147. The minimum atomic E-state index is -4.45. The van der Waals surface area contributed by atoms with E-state index in [2.05, 4.69) is 9.97 Å². The van der Waals surface area contributed by atoms with Crippen molar-refractivity contribution in [3.8, 4) is 6.07 Å². The molecule has 3 rings (SSSR count). The maximum Gasteiger partial charge on any atom is 0.416 e. The van der Waals surface area contributed by atoms with Crippen molar-refractivity contribution < 1.29 is 22.7 Å². The first kappa shape index (κ1) is 20.8. The number of nitriles is 1. The van der Waals surface area contributed by atoms with Crippen LogP contribution in [-0.4, -0.2) is 15.9 Å². The monoisotopic (exact) mass is 403 g/mol. The molecule has 152 valence electrons. The number of ether oxygens (including phenoxy) is 1. The summed E-state index contributed by atoms with van der Waals surface area (Å²) in [5.74, 6) is -0.453. The first-order valence-corrected chi connectivity index (χ1v) is 9.38. The summed E-state index contributed by atoms with van der Waals surface area (Å²) in [6.45, 7) is -0.230. The maximum atomic E-state index is 12.8. The summed E-state index contributed by atoms with van der Waals surface area (Å²) in [6.07, 6.45) is 1.48. The maximum absolute atomic E-state index is 12.8. The van der Waals surface area contributed by atoms with Crippen LogP contribution in [0.25, 0.3) is 0 Å². The summed E-state index contributed by atoms with van der Waals surface area (Å²) in [5.41, 5.74) is -0.406. The van der Waals surface area contributed by atoms with Crippen LogP contribution in [0, 0.1) is 11.3 Å². The van der Waals surface area contributed by atoms with Gasteiger partial charge in [0.2, 0.25) is 5.82 Å². The van der Waals surface area contributed by atoms with E-state index in [1.54, 1.807) is 6.07 Å². The molecule has 5 nitrogen and oxygen atoms in total. The Morgan fingerprint density at radius 3 is 2.66 bits per heavy atom. The third kappa shape index (κ3) is 5.11. The molecule has 0 saturated heterocycles. The second-order valence-corrected chi connectivity index (χ2v) is 7.25. The van der Waals surface area contributed by atoms with E-state index in [1.807, 2.05) is 6.07 Å². The lowest BCUT2D eigenvalue weighted by Crippen LogP contribution is -2.33. The van der Waals surface area contributed by atoms with E-state index in [4.69, 9.17) is 10.00 Å². The van der Waals surface area contributed by atoms with Gasteiger partial charge in [-0.15, -0.1) is 0 Å². The molecule has 8 heteroatoms. The zero-order valence-corrected chi connectivity index (χ0v) is 15.7. The van der Waals surface area contributed by atoms with Gasteiger partial charge in [0, 0.05) is 11.6 Å². The van der Waals surface area contributed by atoms with Crippen LogP contribution in [0.4, 0.5) is 13.2 Å². The molecule has 0 N–H and O–H groups in total. The van der Waals surface area contributed by atoms with Crippen LogP contribution >= 0.6 is 0 Å². The predicted molar refractivity (Wildman–Crippen MR) is 97.4 cm³/mol. The lowest BCUT2D eigenvalue weighted by atomic mass is 9.69. The number of aromatic nitrogens is 2. The predicted octanol–water partition coefficient (Wildman–Crippen LogP) is 4.70. The topological polar surface area (TPSA) is 75.9 Å². The molecule has 29 heavy (non-hydrogen) atoms.